The van der Waals surface area contributed by atoms with E-state index >= 15 is 0 Å². The summed E-state index contributed by atoms with van der Waals surface area (Å²) in [6, 6.07) is 8.82. The van der Waals surface area contributed by atoms with E-state index < -0.39 is 17.5 Å². The second-order valence-corrected chi connectivity index (χ2v) is 4.72. The molecule has 0 aliphatic rings. The Morgan fingerprint density at radius 1 is 1.26 bits per heavy atom. The maximum Gasteiger partial charge on any atom is 0.247 e. The van der Waals surface area contributed by atoms with E-state index in [2.05, 4.69) is 0 Å². The number of nitrogens with zero attached hydrogens (tertiary/aromatic N) is 2. The Morgan fingerprint density at radius 3 is 2.61 bits per heavy atom. The van der Waals surface area contributed by atoms with E-state index in [-0.39, 0.29) is 25.1 Å². The fourth-order valence-electron chi connectivity index (χ4n) is 1.97. The van der Waals surface area contributed by atoms with Gasteiger partial charge in [-0.05, 0) is 30.3 Å². The van der Waals surface area contributed by atoms with Crippen molar-refractivity contribution in [2.75, 3.05) is 6.54 Å². The van der Waals surface area contributed by atoms with E-state index in [0.29, 0.717) is 5.76 Å². The van der Waals surface area contributed by atoms with Crippen LogP contribution in [0.5, 0.6) is 0 Å². The number of rotatable bonds is 6. The lowest BCUT2D eigenvalue weighted by atomic mass is 10.2. The summed E-state index contributed by atoms with van der Waals surface area (Å²) in [7, 11) is 0. The smallest absolute Gasteiger partial charge is 0.247 e. The molecule has 4 nitrogen and oxygen atoms in total. The molecule has 0 saturated carbocycles. The predicted octanol–water partition coefficient (Wildman–Crippen LogP) is 3.51. The van der Waals surface area contributed by atoms with Gasteiger partial charge in [0.2, 0.25) is 5.91 Å². The SMILES string of the molecule is N#CCCN(Cc1ccco1)C(=O)/C=C/c1c(F)cccc1F. The van der Waals surface area contributed by atoms with E-state index in [4.69, 9.17) is 9.68 Å². The van der Waals surface area contributed by atoms with Gasteiger partial charge in [0, 0.05) is 18.2 Å². The van der Waals surface area contributed by atoms with Crippen molar-refractivity contribution in [1.29, 1.82) is 5.26 Å². The molecule has 0 saturated heterocycles. The second-order valence-electron chi connectivity index (χ2n) is 4.72. The zero-order chi connectivity index (χ0) is 16.7. The Bertz CT molecular complexity index is 713. The molecule has 0 radical (unpaired) electrons. The second kappa shape index (κ2) is 7.90. The van der Waals surface area contributed by atoms with Gasteiger partial charge in [0.15, 0.2) is 0 Å². The Labute approximate surface area is 132 Å². The number of benzene rings is 1. The Kier molecular flexibility index (Phi) is 5.64. The predicted molar refractivity (Wildman–Crippen MR) is 79.7 cm³/mol. The summed E-state index contributed by atoms with van der Waals surface area (Å²) >= 11 is 0. The van der Waals surface area contributed by atoms with E-state index in [0.717, 1.165) is 24.3 Å². The molecule has 1 amide bonds. The van der Waals surface area contributed by atoms with Gasteiger partial charge in [0.05, 0.1) is 25.3 Å². The zero-order valence-corrected chi connectivity index (χ0v) is 12.2. The highest BCUT2D eigenvalue weighted by Crippen LogP contribution is 2.14. The molecule has 0 fully saturated rings. The number of halogens is 2. The van der Waals surface area contributed by atoms with Crippen LogP contribution in [0.1, 0.15) is 17.7 Å². The molecule has 0 aliphatic heterocycles. The lowest BCUT2D eigenvalue weighted by molar-refractivity contribution is -0.126. The first-order valence-electron chi connectivity index (χ1n) is 6.92. The van der Waals surface area contributed by atoms with Crippen LogP contribution in [0.25, 0.3) is 6.08 Å². The highest BCUT2D eigenvalue weighted by atomic mass is 19.1. The van der Waals surface area contributed by atoms with Crippen molar-refractivity contribution in [1.82, 2.24) is 4.90 Å². The summed E-state index contributed by atoms with van der Waals surface area (Å²) in [6.07, 6.45) is 3.80. The lowest BCUT2D eigenvalue weighted by Gasteiger charge is -2.18. The van der Waals surface area contributed by atoms with Crippen molar-refractivity contribution >= 4 is 12.0 Å². The third kappa shape index (κ3) is 4.51. The molecule has 0 unspecified atom stereocenters. The number of hydrogen-bond acceptors (Lipinski definition) is 3. The quantitative estimate of drug-likeness (QED) is 0.766. The third-order valence-electron chi connectivity index (χ3n) is 3.12. The minimum atomic E-state index is -0.747. The average molecular weight is 316 g/mol. The fraction of sp³-hybridized carbons (Fsp3) is 0.176. The summed E-state index contributed by atoms with van der Waals surface area (Å²) < 4.78 is 32.2. The summed E-state index contributed by atoms with van der Waals surface area (Å²) in [5.41, 5.74) is -0.279. The van der Waals surface area contributed by atoms with Crippen molar-refractivity contribution < 1.29 is 18.0 Å². The van der Waals surface area contributed by atoms with Crippen molar-refractivity contribution in [2.45, 2.75) is 13.0 Å². The lowest BCUT2D eigenvalue weighted by Crippen LogP contribution is -2.29. The molecule has 0 N–H and O–H groups in total. The fourth-order valence-corrected chi connectivity index (χ4v) is 1.97. The zero-order valence-electron chi connectivity index (χ0n) is 12.2. The van der Waals surface area contributed by atoms with Gasteiger partial charge < -0.3 is 9.32 Å². The first-order valence-corrected chi connectivity index (χ1v) is 6.92. The molecule has 1 aromatic heterocycles. The van der Waals surface area contributed by atoms with E-state index in [9.17, 15) is 13.6 Å². The Morgan fingerprint density at radius 2 is 2.00 bits per heavy atom. The number of carbonyl (C=O) groups excluding carboxylic acids is 1. The normalized spacial score (nSPS) is 10.7. The van der Waals surface area contributed by atoms with Crippen LogP contribution in [0.3, 0.4) is 0 Å². The van der Waals surface area contributed by atoms with E-state index in [1.165, 1.54) is 17.2 Å². The molecular formula is C17H14F2N2O2. The number of nitriles is 1. The Balaban J connectivity index is 2.13. The average Bonchev–Trinajstić information content (AvgIpc) is 3.03. The van der Waals surface area contributed by atoms with E-state index in [1.54, 1.807) is 12.1 Å². The van der Waals surface area contributed by atoms with Crippen molar-refractivity contribution in [3.8, 4) is 6.07 Å². The van der Waals surface area contributed by atoms with Crippen LogP contribution in [0.2, 0.25) is 0 Å². The summed E-state index contributed by atoms with van der Waals surface area (Å²) in [5.74, 6) is -1.40. The summed E-state index contributed by atoms with van der Waals surface area (Å²) in [5, 5.41) is 8.68. The first kappa shape index (κ1) is 16.4. The molecular weight excluding hydrogens is 302 g/mol. The molecule has 1 heterocycles. The molecule has 2 aromatic rings. The minimum absolute atomic E-state index is 0.147. The van der Waals surface area contributed by atoms with Crippen LogP contribution in [-0.4, -0.2) is 17.4 Å². The molecule has 1 aromatic carbocycles. The molecule has 23 heavy (non-hydrogen) atoms. The highest BCUT2D eigenvalue weighted by molar-refractivity contribution is 5.91. The minimum Gasteiger partial charge on any atom is -0.467 e. The van der Waals surface area contributed by atoms with Gasteiger partial charge in [-0.2, -0.15) is 5.26 Å². The van der Waals surface area contributed by atoms with Gasteiger partial charge in [-0.15, -0.1) is 0 Å². The number of furan rings is 1. The van der Waals surface area contributed by atoms with Gasteiger partial charge in [-0.3, -0.25) is 4.79 Å². The molecule has 6 heteroatoms. The van der Waals surface area contributed by atoms with Crippen LogP contribution >= 0.6 is 0 Å². The van der Waals surface area contributed by atoms with Crippen LogP contribution in [-0.2, 0) is 11.3 Å². The maximum atomic E-state index is 13.5. The van der Waals surface area contributed by atoms with Gasteiger partial charge in [-0.25, -0.2) is 8.78 Å². The standard InChI is InChI=1S/C17H14F2N2O2/c18-15-5-1-6-16(19)14(15)7-8-17(22)21(10-3-9-20)12-13-4-2-11-23-13/h1-2,4-8,11H,3,10,12H2/b8-7+. The van der Waals surface area contributed by atoms with Crippen LogP contribution in [0, 0.1) is 23.0 Å². The van der Waals surface area contributed by atoms with Crippen molar-refractivity contribution in [3.63, 3.8) is 0 Å². The molecule has 0 spiro atoms. The first-order chi connectivity index (χ1) is 11.1. The monoisotopic (exact) mass is 316 g/mol. The van der Waals surface area contributed by atoms with Gasteiger partial charge >= 0.3 is 0 Å². The molecule has 0 atom stereocenters. The summed E-state index contributed by atoms with van der Waals surface area (Å²) in [6.45, 7) is 0.373. The van der Waals surface area contributed by atoms with Gasteiger partial charge in [0.25, 0.3) is 0 Å². The maximum absolute atomic E-state index is 13.5. The number of amides is 1. The number of carbonyl (C=O) groups is 1. The molecule has 0 aliphatic carbocycles. The Hall–Kier alpha value is -2.94. The van der Waals surface area contributed by atoms with Crippen LogP contribution in [0.15, 0.2) is 47.1 Å². The highest BCUT2D eigenvalue weighted by Gasteiger charge is 2.13. The van der Waals surface area contributed by atoms with Gasteiger partial charge in [0.1, 0.15) is 17.4 Å². The third-order valence-corrected chi connectivity index (χ3v) is 3.12. The van der Waals surface area contributed by atoms with Crippen LogP contribution in [0.4, 0.5) is 8.78 Å². The van der Waals surface area contributed by atoms with Gasteiger partial charge in [-0.1, -0.05) is 6.07 Å². The summed E-state index contributed by atoms with van der Waals surface area (Å²) in [4.78, 5) is 13.6. The van der Waals surface area contributed by atoms with Crippen LogP contribution < -0.4 is 0 Å². The largest absolute Gasteiger partial charge is 0.467 e. The topological polar surface area (TPSA) is 57.2 Å². The molecule has 118 valence electrons. The van der Waals surface area contributed by atoms with E-state index in [1.807, 2.05) is 6.07 Å². The van der Waals surface area contributed by atoms with Crippen molar-refractivity contribution in [2.24, 2.45) is 0 Å². The molecule has 2 rings (SSSR count). The molecule has 0 bridgehead atoms. The number of hydrogen-bond donors (Lipinski definition) is 0. The van der Waals surface area contributed by atoms with Crippen molar-refractivity contribution in [3.05, 3.63) is 65.6 Å².